The van der Waals surface area contributed by atoms with Gasteiger partial charge < -0.3 is 5.32 Å². The summed E-state index contributed by atoms with van der Waals surface area (Å²) in [6.07, 6.45) is 0.427. The molecule has 1 aromatic carbocycles. The van der Waals surface area contributed by atoms with Crippen LogP contribution in [0.25, 0.3) is 11.0 Å². The molecule has 1 amide bonds. The number of nitrogens with one attached hydrogen (secondary N) is 2. The SMILES string of the molecule is CC(C)CC(=O)NCCNS(=O)(=O)c1cccc2nsnc12. The number of nitrogens with zero attached hydrogens (tertiary/aromatic N) is 2. The van der Waals surface area contributed by atoms with E-state index >= 15 is 0 Å². The van der Waals surface area contributed by atoms with Crippen LogP contribution in [-0.2, 0) is 14.8 Å². The third kappa shape index (κ3) is 4.21. The summed E-state index contributed by atoms with van der Waals surface area (Å²) in [5.74, 6) is 0.187. The minimum Gasteiger partial charge on any atom is -0.355 e. The Morgan fingerprint density at radius 2 is 2.05 bits per heavy atom. The number of rotatable bonds is 7. The number of hydrogen-bond acceptors (Lipinski definition) is 6. The monoisotopic (exact) mass is 342 g/mol. The van der Waals surface area contributed by atoms with Gasteiger partial charge in [-0.1, -0.05) is 19.9 Å². The van der Waals surface area contributed by atoms with Gasteiger partial charge in [-0.25, -0.2) is 13.1 Å². The molecule has 120 valence electrons. The zero-order valence-corrected chi connectivity index (χ0v) is 14.0. The first-order chi connectivity index (χ1) is 10.4. The fourth-order valence-corrected chi connectivity index (χ4v) is 3.70. The van der Waals surface area contributed by atoms with Crippen LogP contribution >= 0.6 is 11.7 Å². The average Bonchev–Trinajstić information content (AvgIpc) is 2.91. The summed E-state index contributed by atoms with van der Waals surface area (Å²) in [7, 11) is -3.67. The fourth-order valence-electron chi connectivity index (χ4n) is 1.91. The van der Waals surface area contributed by atoms with Crippen LogP contribution < -0.4 is 10.0 Å². The first-order valence-corrected chi connectivity index (χ1v) is 9.09. The molecule has 2 rings (SSSR count). The minimum absolute atomic E-state index is 0.0833. The van der Waals surface area contributed by atoms with E-state index < -0.39 is 10.0 Å². The first kappa shape index (κ1) is 16.8. The van der Waals surface area contributed by atoms with Gasteiger partial charge in [0.25, 0.3) is 0 Å². The van der Waals surface area contributed by atoms with Gasteiger partial charge in [-0.2, -0.15) is 8.75 Å². The predicted octanol–water partition coefficient (Wildman–Crippen LogP) is 1.13. The number of fused-ring (bicyclic) bond motifs is 1. The Bertz CT molecular complexity index is 755. The van der Waals surface area contributed by atoms with E-state index in [4.69, 9.17) is 0 Å². The molecule has 0 unspecified atom stereocenters. The van der Waals surface area contributed by atoms with Gasteiger partial charge in [-0.05, 0) is 18.1 Å². The molecule has 0 saturated heterocycles. The van der Waals surface area contributed by atoms with E-state index in [2.05, 4.69) is 18.8 Å². The average molecular weight is 342 g/mol. The largest absolute Gasteiger partial charge is 0.355 e. The zero-order chi connectivity index (χ0) is 16.2. The van der Waals surface area contributed by atoms with Gasteiger partial charge in [0.15, 0.2) is 0 Å². The number of hydrogen-bond donors (Lipinski definition) is 2. The van der Waals surface area contributed by atoms with Crippen LogP contribution in [0.5, 0.6) is 0 Å². The van der Waals surface area contributed by atoms with E-state index in [0.29, 0.717) is 17.5 Å². The van der Waals surface area contributed by atoms with E-state index in [1.165, 1.54) is 6.07 Å². The zero-order valence-electron chi connectivity index (χ0n) is 12.4. The molecular formula is C13H18N4O3S2. The Morgan fingerprint density at radius 1 is 1.27 bits per heavy atom. The number of benzene rings is 1. The molecule has 0 aliphatic heterocycles. The Kier molecular flexibility index (Phi) is 5.43. The van der Waals surface area contributed by atoms with Crippen molar-refractivity contribution in [1.82, 2.24) is 18.8 Å². The summed E-state index contributed by atoms with van der Waals surface area (Å²) in [6, 6.07) is 4.83. The number of carbonyl (C=O) groups excluding carboxylic acids is 1. The molecular weight excluding hydrogens is 324 g/mol. The Hall–Kier alpha value is -1.58. The lowest BCUT2D eigenvalue weighted by Gasteiger charge is -2.09. The van der Waals surface area contributed by atoms with Gasteiger partial charge in [-0.3, -0.25) is 4.79 Å². The van der Waals surface area contributed by atoms with E-state index in [0.717, 1.165) is 11.7 Å². The molecule has 0 fully saturated rings. The summed E-state index contributed by atoms with van der Waals surface area (Å²) in [5.41, 5.74) is 0.918. The molecule has 0 spiro atoms. The molecule has 0 radical (unpaired) electrons. The third-order valence-corrected chi connectivity index (χ3v) is 4.91. The van der Waals surface area contributed by atoms with Crippen LogP contribution in [0.1, 0.15) is 20.3 Å². The quantitative estimate of drug-likeness (QED) is 0.735. The van der Waals surface area contributed by atoms with Crippen molar-refractivity contribution in [3.8, 4) is 0 Å². The molecule has 0 aliphatic rings. The Morgan fingerprint density at radius 3 is 2.77 bits per heavy atom. The lowest BCUT2D eigenvalue weighted by atomic mass is 10.1. The topological polar surface area (TPSA) is 101 Å². The summed E-state index contributed by atoms with van der Waals surface area (Å²) in [4.78, 5) is 11.6. The maximum Gasteiger partial charge on any atom is 0.242 e. The minimum atomic E-state index is -3.67. The highest BCUT2D eigenvalue weighted by Crippen LogP contribution is 2.20. The van der Waals surface area contributed by atoms with E-state index in [1.54, 1.807) is 12.1 Å². The van der Waals surface area contributed by atoms with E-state index in [9.17, 15) is 13.2 Å². The predicted molar refractivity (Wildman–Crippen MR) is 85.1 cm³/mol. The molecule has 1 aromatic heterocycles. The highest BCUT2D eigenvalue weighted by atomic mass is 32.2. The van der Waals surface area contributed by atoms with Gasteiger partial charge in [0.2, 0.25) is 15.9 Å². The first-order valence-electron chi connectivity index (χ1n) is 6.88. The number of amides is 1. The molecule has 22 heavy (non-hydrogen) atoms. The molecule has 0 saturated carbocycles. The van der Waals surface area contributed by atoms with Gasteiger partial charge >= 0.3 is 0 Å². The number of aromatic nitrogens is 2. The van der Waals surface area contributed by atoms with Crippen LogP contribution in [0, 0.1) is 5.92 Å². The molecule has 2 aromatic rings. The highest BCUT2D eigenvalue weighted by molar-refractivity contribution is 7.89. The number of carbonyl (C=O) groups is 1. The van der Waals surface area contributed by atoms with Crippen molar-refractivity contribution in [2.75, 3.05) is 13.1 Å². The van der Waals surface area contributed by atoms with Crippen LogP contribution in [-0.4, -0.2) is 36.2 Å². The van der Waals surface area contributed by atoms with Gasteiger partial charge in [0.05, 0.1) is 11.7 Å². The Labute approximate surface area is 133 Å². The summed E-state index contributed by atoms with van der Waals surface area (Å²) in [5, 5.41) is 2.68. The molecule has 9 heteroatoms. The second-order valence-corrected chi connectivity index (χ2v) is 7.50. The lowest BCUT2D eigenvalue weighted by molar-refractivity contribution is -0.121. The molecule has 0 atom stereocenters. The van der Waals surface area contributed by atoms with Crippen LogP contribution in [0.15, 0.2) is 23.1 Å². The van der Waals surface area contributed by atoms with Crippen molar-refractivity contribution < 1.29 is 13.2 Å². The summed E-state index contributed by atoms with van der Waals surface area (Å²) < 4.78 is 35.1. The highest BCUT2D eigenvalue weighted by Gasteiger charge is 2.18. The summed E-state index contributed by atoms with van der Waals surface area (Å²) in [6.45, 7) is 4.27. The van der Waals surface area contributed by atoms with Gasteiger partial charge in [0, 0.05) is 19.5 Å². The van der Waals surface area contributed by atoms with Crippen molar-refractivity contribution in [3.05, 3.63) is 18.2 Å². The van der Waals surface area contributed by atoms with Gasteiger partial charge in [-0.15, -0.1) is 0 Å². The molecule has 2 N–H and O–H groups in total. The smallest absolute Gasteiger partial charge is 0.242 e. The molecule has 0 bridgehead atoms. The standard InChI is InChI=1S/C13H18N4O3S2/c1-9(2)8-12(18)14-6-7-15-22(19,20)11-5-3-4-10-13(11)17-21-16-10/h3-5,9,15H,6-8H2,1-2H3,(H,14,18). The second kappa shape index (κ2) is 7.12. The fraction of sp³-hybridized carbons (Fsp3) is 0.462. The van der Waals surface area contributed by atoms with Crippen molar-refractivity contribution in [2.24, 2.45) is 5.92 Å². The maximum absolute atomic E-state index is 12.3. The molecule has 7 nitrogen and oxygen atoms in total. The summed E-state index contributed by atoms with van der Waals surface area (Å²) >= 11 is 0.972. The normalized spacial score (nSPS) is 12.0. The Balaban J connectivity index is 1.95. The van der Waals surface area contributed by atoms with Crippen LogP contribution in [0.4, 0.5) is 0 Å². The van der Waals surface area contributed by atoms with Crippen molar-refractivity contribution in [1.29, 1.82) is 0 Å². The molecule has 0 aliphatic carbocycles. The third-order valence-electron chi connectivity index (χ3n) is 2.87. The van der Waals surface area contributed by atoms with Crippen LogP contribution in [0.3, 0.4) is 0 Å². The van der Waals surface area contributed by atoms with Crippen LogP contribution in [0.2, 0.25) is 0 Å². The van der Waals surface area contributed by atoms with Crippen molar-refractivity contribution >= 4 is 38.7 Å². The lowest BCUT2D eigenvalue weighted by Crippen LogP contribution is -2.35. The van der Waals surface area contributed by atoms with E-state index in [1.807, 2.05) is 13.8 Å². The van der Waals surface area contributed by atoms with E-state index in [-0.39, 0.29) is 29.8 Å². The maximum atomic E-state index is 12.3. The second-order valence-electron chi connectivity index (χ2n) is 5.23. The van der Waals surface area contributed by atoms with Gasteiger partial charge in [0.1, 0.15) is 15.9 Å². The van der Waals surface area contributed by atoms with Crippen molar-refractivity contribution in [3.63, 3.8) is 0 Å². The van der Waals surface area contributed by atoms with Crippen molar-refractivity contribution in [2.45, 2.75) is 25.2 Å². The number of sulfonamides is 1. The molecule has 1 heterocycles.